The Balaban J connectivity index is 1.47. The average Bonchev–Trinajstić information content (AvgIpc) is 3.15. The van der Waals surface area contributed by atoms with Gasteiger partial charge in [0.15, 0.2) is 5.65 Å². The Morgan fingerprint density at radius 2 is 1.97 bits per heavy atom. The highest BCUT2D eigenvalue weighted by atomic mass is 79.9. The Morgan fingerprint density at radius 3 is 2.71 bits per heavy atom. The van der Waals surface area contributed by atoms with E-state index in [4.69, 9.17) is 11.6 Å². The number of halogens is 3. The SMILES string of the molecule is O=C(NCCn1ncc2c(=O)n(Cc3ccc(Br)cc3)cnc21)c1c(F)cccc1Cl. The molecule has 0 spiro atoms. The van der Waals surface area contributed by atoms with Crippen LogP contribution in [0.4, 0.5) is 4.39 Å². The summed E-state index contributed by atoms with van der Waals surface area (Å²) in [5, 5.41) is 7.23. The van der Waals surface area contributed by atoms with Gasteiger partial charge >= 0.3 is 0 Å². The molecule has 4 rings (SSSR count). The van der Waals surface area contributed by atoms with Gasteiger partial charge in [0.1, 0.15) is 17.5 Å². The number of carbonyl (C=O) groups excluding carboxylic acids is 1. The minimum atomic E-state index is -0.692. The van der Waals surface area contributed by atoms with Crippen LogP contribution in [0.15, 0.2) is 64.3 Å². The van der Waals surface area contributed by atoms with E-state index >= 15 is 0 Å². The quantitative estimate of drug-likeness (QED) is 0.435. The van der Waals surface area contributed by atoms with E-state index in [1.165, 1.54) is 40.0 Å². The van der Waals surface area contributed by atoms with Gasteiger partial charge < -0.3 is 5.32 Å². The maximum absolute atomic E-state index is 13.9. The molecule has 0 saturated carbocycles. The van der Waals surface area contributed by atoms with Crippen molar-refractivity contribution in [3.8, 4) is 0 Å². The minimum absolute atomic E-state index is 0.0371. The Labute approximate surface area is 189 Å². The van der Waals surface area contributed by atoms with Crippen LogP contribution in [-0.4, -0.2) is 31.8 Å². The lowest BCUT2D eigenvalue weighted by molar-refractivity contribution is 0.0948. The second kappa shape index (κ2) is 8.99. The molecule has 7 nitrogen and oxygen atoms in total. The molecule has 0 aliphatic rings. The van der Waals surface area contributed by atoms with E-state index in [1.807, 2.05) is 24.3 Å². The number of fused-ring (bicyclic) bond motifs is 1. The van der Waals surface area contributed by atoms with Crippen molar-refractivity contribution in [2.75, 3.05) is 6.54 Å². The van der Waals surface area contributed by atoms with Crippen molar-refractivity contribution in [2.45, 2.75) is 13.1 Å². The fraction of sp³-hybridized carbons (Fsp3) is 0.143. The first kappa shape index (κ1) is 21.2. The molecular weight excluding hydrogens is 489 g/mol. The molecule has 2 heterocycles. The number of hydrogen-bond donors (Lipinski definition) is 1. The first-order valence-corrected chi connectivity index (χ1v) is 10.5. The molecule has 31 heavy (non-hydrogen) atoms. The summed E-state index contributed by atoms with van der Waals surface area (Å²) in [6.45, 7) is 0.800. The van der Waals surface area contributed by atoms with E-state index in [1.54, 1.807) is 0 Å². The predicted molar refractivity (Wildman–Crippen MR) is 119 cm³/mol. The van der Waals surface area contributed by atoms with Gasteiger partial charge in [0.05, 0.1) is 29.9 Å². The standard InChI is InChI=1S/C21H16BrClFN5O2/c22-14-6-4-13(5-7-14)11-28-12-26-19-15(21(28)31)10-27-29(19)9-8-25-20(30)18-16(23)2-1-3-17(18)24/h1-7,10,12H,8-9,11H2,(H,25,30). The number of nitrogens with zero attached hydrogens (tertiary/aromatic N) is 4. The Morgan fingerprint density at radius 1 is 1.19 bits per heavy atom. The summed E-state index contributed by atoms with van der Waals surface area (Å²) in [6.07, 6.45) is 2.93. The van der Waals surface area contributed by atoms with Crippen molar-refractivity contribution in [3.63, 3.8) is 0 Å². The molecule has 0 fully saturated rings. The molecule has 0 aliphatic carbocycles. The molecular formula is C21H16BrClFN5O2. The number of benzene rings is 2. The van der Waals surface area contributed by atoms with Crippen molar-refractivity contribution < 1.29 is 9.18 Å². The van der Waals surface area contributed by atoms with Gasteiger partial charge in [-0.3, -0.25) is 14.2 Å². The Kier molecular flexibility index (Phi) is 6.15. The third-order valence-electron chi connectivity index (χ3n) is 4.69. The molecule has 2 aromatic heterocycles. The third-order valence-corrected chi connectivity index (χ3v) is 5.53. The summed E-state index contributed by atoms with van der Waals surface area (Å²) in [6, 6.07) is 11.7. The van der Waals surface area contributed by atoms with Gasteiger partial charge in [-0.15, -0.1) is 0 Å². The smallest absolute Gasteiger partial charge is 0.264 e. The maximum Gasteiger partial charge on any atom is 0.264 e. The van der Waals surface area contributed by atoms with E-state index in [0.29, 0.717) is 17.6 Å². The lowest BCUT2D eigenvalue weighted by Gasteiger charge is -2.09. The molecule has 1 amide bonds. The molecule has 0 bridgehead atoms. The topological polar surface area (TPSA) is 81.8 Å². The lowest BCUT2D eigenvalue weighted by Crippen LogP contribution is -2.28. The van der Waals surface area contributed by atoms with Gasteiger partial charge in [-0.05, 0) is 29.8 Å². The van der Waals surface area contributed by atoms with E-state index in [9.17, 15) is 14.0 Å². The normalized spacial score (nSPS) is 11.1. The summed E-state index contributed by atoms with van der Waals surface area (Å²) in [4.78, 5) is 29.4. The minimum Gasteiger partial charge on any atom is -0.350 e. The first-order chi connectivity index (χ1) is 14.9. The van der Waals surface area contributed by atoms with Crippen molar-refractivity contribution in [2.24, 2.45) is 0 Å². The van der Waals surface area contributed by atoms with Gasteiger partial charge in [-0.25, -0.2) is 14.1 Å². The molecule has 0 atom stereocenters. The van der Waals surface area contributed by atoms with Crippen LogP contribution < -0.4 is 10.9 Å². The van der Waals surface area contributed by atoms with Gasteiger partial charge in [0.25, 0.3) is 11.5 Å². The molecule has 0 radical (unpaired) electrons. The summed E-state index contributed by atoms with van der Waals surface area (Å²) in [5.41, 5.74) is 0.966. The third kappa shape index (κ3) is 4.52. The van der Waals surface area contributed by atoms with Gasteiger partial charge in [-0.1, -0.05) is 45.7 Å². The van der Waals surface area contributed by atoms with Crippen molar-refractivity contribution in [1.82, 2.24) is 24.6 Å². The Bertz CT molecular complexity index is 1300. The molecule has 0 saturated heterocycles. The molecule has 0 aliphatic heterocycles. The van der Waals surface area contributed by atoms with Crippen molar-refractivity contribution >= 4 is 44.5 Å². The summed E-state index contributed by atoms with van der Waals surface area (Å²) in [7, 11) is 0. The van der Waals surface area contributed by atoms with Crippen molar-refractivity contribution in [3.05, 3.63) is 91.8 Å². The van der Waals surface area contributed by atoms with Gasteiger partial charge in [0.2, 0.25) is 0 Å². The zero-order valence-corrected chi connectivity index (χ0v) is 18.4. The van der Waals surface area contributed by atoms with Crippen LogP contribution in [0.25, 0.3) is 11.0 Å². The highest BCUT2D eigenvalue weighted by Gasteiger charge is 2.16. The molecule has 158 valence electrons. The monoisotopic (exact) mass is 503 g/mol. The molecule has 0 unspecified atom stereocenters. The second-order valence-corrected chi connectivity index (χ2v) is 8.08. The summed E-state index contributed by atoms with van der Waals surface area (Å²) in [5.74, 6) is -1.31. The number of rotatable bonds is 6. The van der Waals surface area contributed by atoms with E-state index < -0.39 is 11.7 Å². The fourth-order valence-electron chi connectivity index (χ4n) is 3.14. The maximum atomic E-state index is 13.9. The van der Waals surface area contributed by atoms with Gasteiger partial charge in [0, 0.05) is 11.0 Å². The number of carbonyl (C=O) groups is 1. The van der Waals surface area contributed by atoms with Crippen LogP contribution in [0.5, 0.6) is 0 Å². The predicted octanol–water partition coefficient (Wildman–Crippen LogP) is 3.63. The van der Waals surface area contributed by atoms with Crippen LogP contribution >= 0.6 is 27.5 Å². The zero-order chi connectivity index (χ0) is 22.0. The highest BCUT2D eigenvalue weighted by Crippen LogP contribution is 2.18. The summed E-state index contributed by atoms with van der Waals surface area (Å²) < 4.78 is 17.8. The molecule has 4 aromatic rings. The molecule has 1 N–H and O–H groups in total. The van der Waals surface area contributed by atoms with Crippen LogP contribution in [0.3, 0.4) is 0 Å². The van der Waals surface area contributed by atoms with Crippen LogP contribution in [0.1, 0.15) is 15.9 Å². The van der Waals surface area contributed by atoms with Gasteiger partial charge in [-0.2, -0.15) is 5.10 Å². The largest absolute Gasteiger partial charge is 0.350 e. The number of hydrogen-bond acceptors (Lipinski definition) is 4. The second-order valence-electron chi connectivity index (χ2n) is 6.76. The summed E-state index contributed by atoms with van der Waals surface area (Å²) >= 11 is 9.30. The lowest BCUT2D eigenvalue weighted by atomic mass is 10.2. The van der Waals surface area contributed by atoms with E-state index in [-0.39, 0.29) is 29.2 Å². The van der Waals surface area contributed by atoms with Crippen LogP contribution in [0, 0.1) is 5.82 Å². The van der Waals surface area contributed by atoms with Crippen molar-refractivity contribution in [1.29, 1.82) is 0 Å². The first-order valence-electron chi connectivity index (χ1n) is 9.31. The number of aromatic nitrogens is 4. The van der Waals surface area contributed by atoms with E-state index in [2.05, 4.69) is 31.3 Å². The Hall–Kier alpha value is -3.04. The molecule has 10 heteroatoms. The highest BCUT2D eigenvalue weighted by molar-refractivity contribution is 9.10. The average molecular weight is 505 g/mol. The van der Waals surface area contributed by atoms with Crippen LogP contribution in [-0.2, 0) is 13.1 Å². The number of nitrogens with one attached hydrogen (secondary N) is 1. The van der Waals surface area contributed by atoms with E-state index in [0.717, 1.165) is 10.0 Å². The molecule has 2 aromatic carbocycles. The number of amides is 1. The fourth-order valence-corrected chi connectivity index (χ4v) is 3.65. The van der Waals surface area contributed by atoms with Crippen LogP contribution in [0.2, 0.25) is 5.02 Å². The zero-order valence-electron chi connectivity index (χ0n) is 16.1.